The number of benzene rings is 2. The fourth-order valence-corrected chi connectivity index (χ4v) is 3.23. The molecule has 1 amide bonds. The summed E-state index contributed by atoms with van der Waals surface area (Å²) in [6.45, 7) is 1.76. The molecule has 2 heterocycles. The first kappa shape index (κ1) is 13.9. The van der Waals surface area contributed by atoms with Crippen molar-refractivity contribution < 1.29 is 9.53 Å². The zero-order chi connectivity index (χ0) is 15.8. The van der Waals surface area contributed by atoms with Gasteiger partial charge in [-0.25, -0.2) is 0 Å². The van der Waals surface area contributed by atoms with E-state index < -0.39 is 0 Å². The van der Waals surface area contributed by atoms with E-state index >= 15 is 0 Å². The van der Waals surface area contributed by atoms with Crippen molar-refractivity contribution in [2.75, 3.05) is 19.0 Å². The van der Waals surface area contributed by atoms with Crippen LogP contribution in [0.2, 0.25) is 0 Å². The molecule has 0 aromatic heterocycles. The standard InChI is InChI=1S/C19H18N2O2/c1-23-15-6-7-18-16(10-15)17(19(22)20-18)12-21-9-8-13-4-2-3-5-14(13)11-21/h2-7,10,12H,8-9,11H2,1H3,(H,20,22)/b17-12+. The molecule has 0 unspecified atom stereocenters. The molecule has 2 aromatic carbocycles. The average molecular weight is 306 g/mol. The molecule has 116 valence electrons. The highest BCUT2D eigenvalue weighted by atomic mass is 16.5. The number of hydrogen-bond donors (Lipinski definition) is 1. The molecule has 2 aliphatic heterocycles. The Morgan fingerprint density at radius 2 is 2.00 bits per heavy atom. The van der Waals surface area contributed by atoms with E-state index in [0.29, 0.717) is 5.57 Å². The maximum absolute atomic E-state index is 12.3. The van der Waals surface area contributed by atoms with Crippen molar-refractivity contribution in [3.63, 3.8) is 0 Å². The minimum Gasteiger partial charge on any atom is -0.497 e. The van der Waals surface area contributed by atoms with E-state index in [9.17, 15) is 4.79 Å². The first-order valence-corrected chi connectivity index (χ1v) is 7.77. The lowest BCUT2D eigenvalue weighted by atomic mass is 10.00. The Kier molecular flexibility index (Phi) is 3.30. The van der Waals surface area contributed by atoms with Gasteiger partial charge in [0.1, 0.15) is 5.75 Å². The van der Waals surface area contributed by atoms with Crippen LogP contribution in [0.4, 0.5) is 5.69 Å². The fraction of sp³-hybridized carbons (Fsp3) is 0.211. The highest BCUT2D eigenvalue weighted by Gasteiger charge is 2.26. The summed E-state index contributed by atoms with van der Waals surface area (Å²) in [7, 11) is 1.64. The predicted octanol–water partition coefficient (Wildman–Crippen LogP) is 3.05. The number of carbonyl (C=O) groups is 1. The topological polar surface area (TPSA) is 41.6 Å². The number of ether oxygens (including phenoxy) is 1. The second-order valence-electron chi connectivity index (χ2n) is 5.90. The van der Waals surface area contributed by atoms with Crippen molar-refractivity contribution >= 4 is 17.2 Å². The second-order valence-corrected chi connectivity index (χ2v) is 5.90. The molecule has 4 rings (SSSR count). The number of anilines is 1. The predicted molar refractivity (Wildman–Crippen MR) is 90.2 cm³/mol. The number of amides is 1. The van der Waals surface area contributed by atoms with Crippen LogP contribution in [0.5, 0.6) is 5.75 Å². The van der Waals surface area contributed by atoms with Gasteiger partial charge >= 0.3 is 0 Å². The lowest BCUT2D eigenvalue weighted by Gasteiger charge is -2.28. The third kappa shape index (κ3) is 2.46. The van der Waals surface area contributed by atoms with Gasteiger partial charge in [0.2, 0.25) is 0 Å². The van der Waals surface area contributed by atoms with E-state index in [1.165, 1.54) is 11.1 Å². The largest absolute Gasteiger partial charge is 0.497 e. The zero-order valence-corrected chi connectivity index (χ0v) is 13.0. The number of fused-ring (bicyclic) bond motifs is 2. The van der Waals surface area contributed by atoms with E-state index in [4.69, 9.17) is 4.74 Å². The highest BCUT2D eigenvalue weighted by Crippen LogP contribution is 2.35. The van der Waals surface area contributed by atoms with E-state index in [2.05, 4.69) is 34.5 Å². The Balaban J connectivity index is 1.66. The lowest BCUT2D eigenvalue weighted by molar-refractivity contribution is -0.110. The van der Waals surface area contributed by atoms with Crippen molar-refractivity contribution in [3.05, 3.63) is 65.4 Å². The lowest BCUT2D eigenvalue weighted by Crippen LogP contribution is -2.26. The summed E-state index contributed by atoms with van der Waals surface area (Å²) in [5, 5.41) is 2.92. The zero-order valence-electron chi connectivity index (χ0n) is 13.0. The van der Waals surface area contributed by atoms with Gasteiger partial charge in [-0.1, -0.05) is 24.3 Å². The molecule has 23 heavy (non-hydrogen) atoms. The van der Waals surface area contributed by atoms with Crippen LogP contribution in [0, 0.1) is 0 Å². The molecule has 0 saturated carbocycles. The van der Waals surface area contributed by atoms with Crippen molar-refractivity contribution in [3.8, 4) is 5.75 Å². The van der Waals surface area contributed by atoms with Crippen LogP contribution in [-0.2, 0) is 17.8 Å². The van der Waals surface area contributed by atoms with Crippen molar-refractivity contribution in [1.82, 2.24) is 4.90 Å². The van der Waals surface area contributed by atoms with Crippen LogP contribution in [0.25, 0.3) is 5.57 Å². The minimum absolute atomic E-state index is 0.0490. The van der Waals surface area contributed by atoms with Crippen molar-refractivity contribution in [2.45, 2.75) is 13.0 Å². The van der Waals surface area contributed by atoms with Gasteiger partial charge in [0, 0.05) is 30.5 Å². The molecule has 0 atom stereocenters. The number of hydrogen-bond acceptors (Lipinski definition) is 3. The summed E-state index contributed by atoms with van der Waals surface area (Å²) in [6.07, 6.45) is 2.99. The molecule has 0 aliphatic carbocycles. The number of carbonyl (C=O) groups excluding carboxylic acids is 1. The molecule has 0 bridgehead atoms. The monoisotopic (exact) mass is 306 g/mol. The van der Waals surface area contributed by atoms with Crippen LogP contribution in [0.1, 0.15) is 16.7 Å². The third-order valence-corrected chi connectivity index (χ3v) is 4.48. The number of nitrogens with zero attached hydrogens (tertiary/aromatic N) is 1. The van der Waals surface area contributed by atoms with Crippen LogP contribution in [0.15, 0.2) is 48.7 Å². The molecule has 0 spiro atoms. The quantitative estimate of drug-likeness (QED) is 0.867. The van der Waals surface area contributed by atoms with E-state index in [0.717, 1.165) is 36.5 Å². The summed E-state index contributed by atoms with van der Waals surface area (Å²) >= 11 is 0. The molecular formula is C19H18N2O2. The van der Waals surface area contributed by atoms with Crippen molar-refractivity contribution in [2.24, 2.45) is 0 Å². The maximum Gasteiger partial charge on any atom is 0.257 e. The molecule has 2 aromatic rings. The van der Waals surface area contributed by atoms with Gasteiger partial charge in [-0.3, -0.25) is 4.79 Å². The van der Waals surface area contributed by atoms with Gasteiger partial charge in [0.25, 0.3) is 5.91 Å². The smallest absolute Gasteiger partial charge is 0.257 e. The fourth-order valence-electron chi connectivity index (χ4n) is 3.23. The number of nitrogens with one attached hydrogen (secondary N) is 1. The van der Waals surface area contributed by atoms with Gasteiger partial charge in [0.15, 0.2) is 0 Å². The third-order valence-electron chi connectivity index (χ3n) is 4.48. The van der Waals surface area contributed by atoms with Crippen LogP contribution in [-0.4, -0.2) is 24.5 Å². The molecule has 0 saturated heterocycles. The summed E-state index contributed by atoms with van der Waals surface area (Å²) in [5.74, 6) is 0.710. The second kappa shape index (κ2) is 5.47. The van der Waals surface area contributed by atoms with Crippen LogP contribution >= 0.6 is 0 Å². The molecule has 4 heteroatoms. The van der Waals surface area contributed by atoms with Gasteiger partial charge in [-0.15, -0.1) is 0 Å². The molecule has 0 fully saturated rings. The van der Waals surface area contributed by atoms with E-state index in [-0.39, 0.29) is 5.91 Å². The Labute approximate surface area is 135 Å². The number of methoxy groups -OCH3 is 1. The summed E-state index contributed by atoms with van der Waals surface area (Å²) in [6, 6.07) is 14.2. The first-order valence-electron chi connectivity index (χ1n) is 7.77. The van der Waals surface area contributed by atoms with Gasteiger partial charge in [0.05, 0.1) is 12.7 Å². The number of rotatable bonds is 2. The highest BCUT2D eigenvalue weighted by molar-refractivity contribution is 6.31. The Morgan fingerprint density at radius 3 is 2.83 bits per heavy atom. The normalized spacial score (nSPS) is 17.7. The molecular weight excluding hydrogens is 288 g/mol. The van der Waals surface area contributed by atoms with Crippen molar-refractivity contribution in [1.29, 1.82) is 0 Å². The van der Waals surface area contributed by atoms with Gasteiger partial charge in [-0.05, 0) is 35.7 Å². The van der Waals surface area contributed by atoms with E-state index in [1.807, 2.05) is 24.4 Å². The SMILES string of the molecule is COc1ccc2c(c1)/C(=C\N1CCc3ccccc3C1)C(=O)N2. The Bertz CT molecular complexity index is 811. The maximum atomic E-state index is 12.3. The minimum atomic E-state index is -0.0490. The van der Waals surface area contributed by atoms with Crippen LogP contribution < -0.4 is 10.1 Å². The summed E-state index contributed by atoms with van der Waals surface area (Å²) in [5.41, 5.74) is 5.20. The average Bonchev–Trinajstić information content (AvgIpc) is 2.89. The van der Waals surface area contributed by atoms with E-state index in [1.54, 1.807) is 7.11 Å². The molecule has 4 nitrogen and oxygen atoms in total. The van der Waals surface area contributed by atoms with Gasteiger partial charge < -0.3 is 15.0 Å². The molecule has 2 aliphatic rings. The molecule has 1 N–H and O–H groups in total. The van der Waals surface area contributed by atoms with Crippen LogP contribution in [0.3, 0.4) is 0 Å². The Morgan fingerprint density at radius 1 is 1.17 bits per heavy atom. The van der Waals surface area contributed by atoms with Gasteiger partial charge in [-0.2, -0.15) is 0 Å². The molecule has 0 radical (unpaired) electrons. The summed E-state index contributed by atoms with van der Waals surface area (Å²) in [4.78, 5) is 14.5. The first-order chi connectivity index (χ1) is 11.2. The summed E-state index contributed by atoms with van der Waals surface area (Å²) < 4.78 is 5.28. The Hall–Kier alpha value is -2.75.